The van der Waals surface area contributed by atoms with Crippen molar-refractivity contribution in [2.75, 3.05) is 25.0 Å². The number of benzene rings is 1. The molecule has 1 saturated carbocycles. The zero-order valence-electron chi connectivity index (χ0n) is 10.0. The quantitative estimate of drug-likeness (QED) is 0.876. The Kier molecular flexibility index (Phi) is 3.33. The van der Waals surface area contributed by atoms with Gasteiger partial charge >= 0.3 is 0 Å². The molecule has 0 amide bonds. The van der Waals surface area contributed by atoms with Crippen LogP contribution in [-0.4, -0.2) is 20.1 Å². The summed E-state index contributed by atoms with van der Waals surface area (Å²) in [6.45, 7) is 1.35. The molecular formula is C13H18F2N2. The number of halogens is 2. The van der Waals surface area contributed by atoms with E-state index in [0.717, 1.165) is 25.5 Å². The lowest BCUT2D eigenvalue weighted by Gasteiger charge is -2.44. The van der Waals surface area contributed by atoms with Crippen molar-refractivity contribution in [3.63, 3.8) is 0 Å². The largest absolute Gasteiger partial charge is 0.372 e. The van der Waals surface area contributed by atoms with Gasteiger partial charge in [0.15, 0.2) is 0 Å². The van der Waals surface area contributed by atoms with E-state index in [1.165, 1.54) is 18.6 Å². The highest BCUT2D eigenvalue weighted by molar-refractivity contribution is 5.47. The third kappa shape index (κ3) is 2.41. The highest BCUT2D eigenvalue weighted by atomic mass is 19.1. The maximum absolute atomic E-state index is 13.6. The molecule has 0 aromatic heterocycles. The van der Waals surface area contributed by atoms with E-state index in [1.54, 1.807) is 0 Å². The molecule has 2 rings (SSSR count). The van der Waals surface area contributed by atoms with Gasteiger partial charge in [-0.2, -0.15) is 0 Å². The molecule has 1 aromatic rings. The van der Waals surface area contributed by atoms with Crippen molar-refractivity contribution in [3.05, 3.63) is 29.8 Å². The molecule has 0 heterocycles. The number of nitrogens with two attached hydrogens (primary N) is 1. The van der Waals surface area contributed by atoms with Gasteiger partial charge in [0.05, 0.1) is 5.69 Å². The molecular weight excluding hydrogens is 222 g/mol. The first-order valence-electron chi connectivity index (χ1n) is 5.93. The van der Waals surface area contributed by atoms with Crippen LogP contribution in [0, 0.1) is 17.0 Å². The lowest BCUT2D eigenvalue weighted by Crippen LogP contribution is -2.46. The van der Waals surface area contributed by atoms with Crippen LogP contribution in [0.3, 0.4) is 0 Å². The standard InChI is InChI=1S/C13H18F2N2/c1-17(9-13(8-16)5-2-6-13)12-4-3-10(14)7-11(12)15/h3-4,7H,2,5-6,8-9,16H2,1H3. The lowest BCUT2D eigenvalue weighted by molar-refractivity contribution is 0.154. The Morgan fingerprint density at radius 3 is 2.53 bits per heavy atom. The first-order valence-corrected chi connectivity index (χ1v) is 5.93. The summed E-state index contributed by atoms with van der Waals surface area (Å²) in [6.07, 6.45) is 3.38. The predicted octanol–water partition coefficient (Wildman–Crippen LogP) is 2.53. The Balaban J connectivity index is 2.11. The number of anilines is 1. The van der Waals surface area contributed by atoms with E-state index in [1.807, 2.05) is 11.9 Å². The molecule has 17 heavy (non-hydrogen) atoms. The fraction of sp³-hybridized carbons (Fsp3) is 0.538. The summed E-state index contributed by atoms with van der Waals surface area (Å²) in [5.74, 6) is -1.06. The first-order chi connectivity index (χ1) is 8.06. The van der Waals surface area contributed by atoms with Crippen LogP contribution in [0.15, 0.2) is 18.2 Å². The molecule has 1 aromatic carbocycles. The second-order valence-electron chi connectivity index (χ2n) is 5.01. The van der Waals surface area contributed by atoms with Gasteiger partial charge in [-0.3, -0.25) is 0 Å². The van der Waals surface area contributed by atoms with Crippen LogP contribution < -0.4 is 10.6 Å². The SMILES string of the molecule is CN(CC1(CN)CCC1)c1ccc(F)cc1F. The smallest absolute Gasteiger partial charge is 0.149 e. The van der Waals surface area contributed by atoms with Crippen LogP contribution in [-0.2, 0) is 0 Å². The Morgan fingerprint density at radius 1 is 1.35 bits per heavy atom. The normalized spacial score (nSPS) is 17.6. The molecule has 0 unspecified atom stereocenters. The molecule has 1 fully saturated rings. The van der Waals surface area contributed by atoms with E-state index in [4.69, 9.17) is 5.73 Å². The minimum absolute atomic E-state index is 0.121. The molecule has 0 radical (unpaired) electrons. The molecule has 2 nitrogen and oxygen atoms in total. The third-order valence-corrected chi connectivity index (χ3v) is 3.74. The van der Waals surface area contributed by atoms with Gasteiger partial charge in [-0.1, -0.05) is 6.42 Å². The molecule has 4 heteroatoms. The maximum Gasteiger partial charge on any atom is 0.149 e. The Bertz CT molecular complexity index is 397. The van der Waals surface area contributed by atoms with Crippen LogP contribution in [0.4, 0.5) is 14.5 Å². The summed E-state index contributed by atoms with van der Waals surface area (Å²) in [5, 5.41) is 0. The molecule has 2 N–H and O–H groups in total. The van der Waals surface area contributed by atoms with Gasteiger partial charge in [0.1, 0.15) is 11.6 Å². The number of hydrogen-bond donors (Lipinski definition) is 1. The van der Waals surface area contributed by atoms with E-state index in [0.29, 0.717) is 12.2 Å². The predicted molar refractivity (Wildman–Crippen MR) is 65.0 cm³/mol. The van der Waals surface area contributed by atoms with Crippen molar-refractivity contribution in [2.24, 2.45) is 11.1 Å². The summed E-state index contributed by atoms with van der Waals surface area (Å²) in [4.78, 5) is 1.83. The molecule has 0 aliphatic heterocycles. The molecule has 0 atom stereocenters. The summed E-state index contributed by atoms with van der Waals surface area (Å²) < 4.78 is 26.4. The van der Waals surface area contributed by atoms with Crippen molar-refractivity contribution in [1.29, 1.82) is 0 Å². The molecule has 0 spiro atoms. The zero-order chi connectivity index (χ0) is 12.5. The average molecular weight is 240 g/mol. The third-order valence-electron chi connectivity index (χ3n) is 3.74. The summed E-state index contributed by atoms with van der Waals surface area (Å²) >= 11 is 0. The minimum atomic E-state index is -0.545. The molecule has 1 aliphatic rings. The van der Waals surface area contributed by atoms with Gasteiger partial charge in [-0.15, -0.1) is 0 Å². The van der Waals surface area contributed by atoms with E-state index in [9.17, 15) is 8.78 Å². The van der Waals surface area contributed by atoms with Crippen molar-refractivity contribution < 1.29 is 8.78 Å². The summed E-state index contributed by atoms with van der Waals surface area (Å²) in [7, 11) is 1.83. The molecule has 0 bridgehead atoms. The second kappa shape index (κ2) is 4.61. The summed E-state index contributed by atoms with van der Waals surface area (Å²) in [5.41, 5.74) is 6.33. The Morgan fingerprint density at radius 2 is 2.06 bits per heavy atom. The Hall–Kier alpha value is -1.16. The van der Waals surface area contributed by atoms with E-state index in [2.05, 4.69) is 0 Å². The van der Waals surface area contributed by atoms with E-state index in [-0.39, 0.29) is 5.41 Å². The van der Waals surface area contributed by atoms with Gasteiger partial charge in [0.2, 0.25) is 0 Å². The maximum atomic E-state index is 13.6. The van der Waals surface area contributed by atoms with Gasteiger partial charge in [0.25, 0.3) is 0 Å². The lowest BCUT2D eigenvalue weighted by atomic mass is 9.68. The topological polar surface area (TPSA) is 29.3 Å². The fourth-order valence-corrected chi connectivity index (χ4v) is 2.48. The molecule has 94 valence electrons. The van der Waals surface area contributed by atoms with Crippen molar-refractivity contribution in [1.82, 2.24) is 0 Å². The van der Waals surface area contributed by atoms with Crippen molar-refractivity contribution >= 4 is 5.69 Å². The van der Waals surface area contributed by atoms with Gasteiger partial charge in [0, 0.05) is 25.1 Å². The van der Waals surface area contributed by atoms with Crippen LogP contribution >= 0.6 is 0 Å². The van der Waals surface area contributed by atoms with Gasteiger partial charge in [-0.05, 0) is 31.5 Å². The highest BCUT2D eigenvalue weighted by Crippen LogP contribution is 2.41. The van der Waals surface area contributed by atoms with Crippen LogP contribution in [0.1, 0.15) is 19.3 Å². The monoisotopic (exact) mass is 240 g/mol. The fourth-order valence-electron chi connectivity index (χ4n) is 2.48. The minimum Gasteiger partial charge on any atom is -0.372 e. The number of hydrogen-bond acceptors (Lipinski definition) is 2. The van der Waals surface area contributed by atoms with Crippen molar-refractivity contribution in [2.45, 2.75) is 19.3 Å². The van der Waals surface area contributed by atoms with Crippen LogP contribution in [0.5, 0.6) is 0 Å². The molecule has 1 aliphatic carbocycles. The Labute approximate surface area is 100 Å². The van der Waals surface area contributed by atoms with Gasteiger partial charge in [-0.25, -0.2) is 8.78 Å². The van der Waals surface area contributed by atoms with E-state index >= 15 is 0 Å². The number of nitrogens with zero attached hydrogens (tertiary/aromatic N) is 1. The van der Waals surface area contributed by atoms with E-state index < -0.39 is 11.6 Å². The summed E-state index contributed by atoms with van der Waals surface area (Å²) in [6, 6.07) is 3.68. The highest BCUT2D eigenvalue weighted by Gasteiger charge is 2.36. The van der Waals surface area contributed by atoms with Crippen LogP contribution in [0.25, 0.3) is 0 Å². The average Bonchev–Trinajstić information content (AvgIpc) is 2.23. The first kappa shape index (κ1) is 12.3. The van der Waals surface area contributed by atoms with Gasteiger partial charge < -0.3 is 10.6 Å². The van der Waals surface area contributed by atoms with Crippen LogP contribution in [0.2, 0.25) is 0 Å². The van der Waals surface area contributed by atoms with Crippen molar-refractivity contribution in [3.8, 4) is 0 Å². The molecule has 0 saturated heterocycles. The zero-order valence-corrected chi connectivity index (χ0v) is 10.0. The second-order valence-corrected chi connectivity index (χ2v) is 5.01. The number of rotatable bonds is 4.